The van der Waals surface area contributed by atoms with E-state index in [0.717, 1.165) is 12.8 Å². The molecule has 0 saturated heterocycles. The second kappa shape index (κ2) is 7.98. The number of halogens is 1. The molecule has 0 N–H and O–H groups in total. The molecule has 1 atom stereocenters. The first kappa shape index (κ1) is 14.8. The minimum Gasteiger partial charge on any atom is -0.381 e. The van der Waals surface area contributed by atoms with E-state index >= 15 is 0 Å². The molecule has 0 aromatic heterocycles. The van der Waals surface area contributed by atoms with E-state index in [9.17, 15) is 9.18 Å². The first-order valence-electron chi connectivity index (χ1n) is 6.50. The minimum absolute atomic E-state index is 0.00172. The molecule has 0 bridgehead atoms. The summed E-state index contributed by atoms with van der Waals surface area (Å²) in [4.78, 5) is 11.7. The van der Waals surface area contributed by atoms with Gasteiger partial charge in [0.1, 0.15) is 5.82 Å². The maximum atomic E-state index is 12.7. The molecule has 0 spiro atoms. The summed E-state index contributed by atoms with van der Waals surface area (Å²) in [5.41, 5.74) is 0.543. The van der Waals surface area contributed by atoms with Crippen LogP contribution in [0.15, 0.2) is 24.3 Å². The van der Waals surface area contributed by atoms with E-state index in [1.807, 2.05) is 0 Å². The number of ketones is 1. The van der Waals surface area contributed by atoms with Crippen molar-refractivity contribution in [2.75, 3.05) is 13.2 Å². The van der Waals surface area contributed by atoms with Crippen molar-refractivity contribution in [3.63, 3.8) is 0 Å². The van der Waals surface area contributed by atoms with Gasteiger partial charge in [-0.3, -0.25) is 4.79 Å². The van der Waals surface area contributed by atoms with Crippen molar-refractivity contribution in [2.45, 2.75) is 33.1 Å². The van der Waals surface area contributed by atoms with Gasteiger partial charge in [-0.2, -0.15) is 0 Å². The molecule has 0 amide bonds. The predicted molar refractivity (Wildman–Crippen MR) is 70.2 cm³/mol. The number of ether oxygens (including phenoxy) is 1. The highest BCUT2D eigenvalue weighted by Crippen LogP contribution is 2.08. The van der Waals surface area contributed by atoms with Crippen LogP contribution in [-0.2, 0) is 4.74 Å². The molecule has 2 nitrogen and oxygen atoms in total. The zero-order valence-electron chi connectivity index (χ0n) is 11.1. The van der Waals surface area contributed by atoms with Crippen molar-refractivity contribution >= 4 is 5.78 Å². The van der Waals surface area contributed by atoms with Crippen LogP contribution in [0.2, 0.25) is 0 Å². The molecule has 0 aliphatic carbocycles. The van der Waals surface area contributed by atoms with Crippen LogP contribution in [-0.4, -0.2) is 19.0 Å². The Morgan fingerprint density at radius 3 is 2.61 bits per heavy atom. The standard InChI is InChI=1S/C15H21FO2/c1-3-4-12(2)11-18-10-9-15(17)13-5-7-14(16)8-6-13/h5-8,12H,3-4,9-11H2,1-2H3. The Kier molecular flexibility index (Phi) is 6.58. The number of rotatable bonds is 8. The fourth-order valence-corrected chi connectivity index (χ4v) is 1.81. The van der Waals surface area contributed by atoms with Crippen LogP contribution in [0.3, 0.4) is 0 Å². The summed E-state index contributed by atoms with van der Waals surface area (Å²) in [6.45, 7) is 5.43. The van der Waals surface area contributed by atoms with Crippen LogP contribution in [0.5, 0.6) is 0 Å². The van der Waals surface area contributed by atoms with Crippen molar-refractivity contribution < 1.29 is 13.9 Å². The van der Waals surface area contributed by atoms with Crippen LogP contribution >= 0.6 is 0 Å². The van der Waals surface area contributed by atoms with E-state index in [-0.39, 0.29) is 11.6 Å². The maximum Gasteiger partial charge on any atom is 0.165 e. The Hall–Kier alpha value is -1.22. The highest BCUT2D eigenvalue weighted by atomic mass is 19.1. The maximum absolute atomic E-state index is 12.7. The van der Waals surface area contributed by atoms with Gasteiger partial charge in [0.25, 0.3) is 0 Å². The second-order valence-electron chi connectivity index (χ2n) is 4.65. The van der Waals surface area contributed by atoms with E-state index in [4.69, 9.17) is 4.74 Å². The number of carbonyl (C=O) groups excluding carboxylic acids is 1. The molecule has 0 aliphatic rings. The number of hydrogen-bond donors (Lipinski definition) is 0. The Balaban J connectivity index is 2.23. The summed E-state index contributed by atoms with van der Waals surface area (Å²) < 4.78 is 18.2. The molecule has 0 radical (unpaired) electrons. The quantitative estimate of drug-likeness (QED) is 0.519. The SMILES string of the molecule is CCCC(C)COCCC(=O)c1ccc(F)cc1. The van der Waals surface area contributed by atoms with Crippen LogP contribution in [0.1, 0.15) is 43.5 Å². The van der Waals surface area contributed by atoms with Crippen LogP contribution in [0.4, 0.5) is 4.39 Å². The number of carbonyl (C=O) groups is 1. The smallest absolute Gasteiger partial charge is 0.165 e. The molecule has 1 aromatic rings. The fraction of sp³-hybridized carbons (Fsp3) is 0.533. The third-order valence-electron chi connectivity index (χ3n) is 2.82. The van der Waals surface area contributed by atoms with Gasteiger partial charge in [-0.05, 0) is 36.6 Å². The summed E-state index contributed by atoms with van der Waals surface area (Å²) in [6, 6.07) is 5.63. The first-order valence-corrected chi connectivity index (χ1v) is 6.50. The Morgan fingerprint density at radius 1 is 1.33 bits per heavy atom. The molecular weight excluding hydrogens is 231 g/mol. The van der Waals surface area contributed by atoms with Gasteiger partial charge in [-0.1, -0.05) is 20.3 Å². The predicted octanol–water partition coefficient (Wildman–Crippen LogP) is 3.85. The zero-order chi connectivity index (χ0) is 13.4. The van der Waals surface area contributed by atoms with Crippen molar-refractivity contribution in [3.8, 4) is 0 Å². The summed E-state index contributed by atoms with van der Waals surface area (Å²) in [5, 5.41) is 0. The summed E-state index contributed by atoms with van der Waals surface area (Å²) in [7, 11) is 0. The van der Waals surface area contributed by atoms with Crippen LogP contribution < -0.4 is 0 Å². The third kappa shape index (κ3) is 5.41. The molecule has 18 heavy (non-hydrogen) atoms. The topological polar surface area (TPSA) is 26.3 Å². The van der Waals surface area contributed by atoms with E-state index in [1.165, 1.54) is 24.3 Å². The van der Waals surface area contributed by atoms with Gasteiger partial charge in [0.05, 0.1) is 6.61 Å². The van der Waals surface area contributed by atoms with Crippen LogP contribution in [0, 0.1) is 11.7 Å². The molecule has 1 unspecified atom stereocenters. The van der Waals surface area contributed by atoms with E-state index in [1.54, 1.807) is 0 Å². The third-order valence-corrected chi connectivity index (χ3v) is 2.82. The normalized spacial score (nSPS) is 12.4. The largest absolute Gasteiger partial charge is 0.381 e. The van der Waals surface area contributed by atoms with Gasteiger partial charge in [0.2, 0.25) is 0 Å². The van der Waals surface area contributed by atoms with E-state index < -0.39 is 0 Å². The molecule has 0 aliphatic heterocycles. The second-order valence-corrected chi connectivity index (χ2v) is 4.65. The van der Waals surface area contributed by atoms with E-state index in [0.29, 0.717) is 31.1 Å². The Bertz CT molecular complexity index is 359. The first-order chi connectivity index (χ1) is 8.63. The average molecular weight is 252 g/mol. The van der Waals surface area contributed by atoms with Gasteiger partial charge in [0, 0.05) is 18.6 Å². The molecule has 1 rings (SSSR count). The highest BCUT2D eigenvalue weighted by Gasteiger charge is 2.06. The summed E-state index contributed by atoms with van der Waals surface area (Å²) >= 11 is 0. The molecule has 100 valence electrons. The Morgan fingerprint density at radius 2 is 2.00 bits per heavy atom. The lowest BCUT2D eigenvalue weighted by atomic mass is 10.1. The number of benzene rings is 1. The van der Waals surface area contributed by atoms with Gasteiger partial charge >= 0.3 is 0 Å². The van der Waals surface area contributed by atoms with Gasteiger partial charge in [-0.15, -0.1) is 0 Å². The van der Waals surface area contributed by atoms with Gasteiger partial charge in [-0.25, -0.2) is 4.39 Å². The van der Waals surface area contributed by atoms with E-state index in [2.05, 4.69) is 13.8 Å². The lowest BCUT2D eigenvalue weighted by Crippen LogP contribution is -2.10. The van der Waals surface area contributed by atoms with Gasteiger partial charge in [0.15, 0.2) is 5.78 Å². The molecule has 0 fully saturated rings. The number of Topliss-reactive ketones (excluding diaryl/α,β-unsaturated/α-hetero) is 1. The lowest BCUT2D eigenvalue weighted by Gasteiger charge is -2.10. The summed E-state index contributed by atoms with van der Waals surface area (Å²) in [5.74, 6) is 0.213. The number of hydrogen-bond acceptors (Lipinski definition) is 2. The molecule has 3 heteroatoms. The van der Waals surface area contributed by atoms with Gasteiger partial charge < -0.3 is 4.74 Å². The lowest BCUT2D eigenvalue weighted by molar-refractivity contribution is 0.0798. The molecule has 1 aromatic carbocycles. The van der Waals surface area contributed by atoms with Crippen molar-refractivity contribution in [1.29, 1.82) is 0 Å². The van der Waals surface area contributed by atoms with Crippen molar-refractivity contribution in [2.24, 2.45) is 5.92 Å². The van der Waals surface area contributed by atoms with Crippen LogP contribution in [0.25, 0.3) is 0 Å². The fourth-order valence-electron chi connectivity index (χ4n) is 1.81. The zero-order valence-corrected chi connectivity index (χ0v) is 11.1. The Labute approximate surface area is 108 Å². The minimum atomic E-state index is -0.323. The molecule has 0 saturated carbocycles. The summed E-state index contributed by atoms with van der Waals surface area (Å²) in [6.07, 6.45) is 2.65. The average Bonchev–Trinajstić information content (AvgIpc) is 2.35. The highest BCUT2D eigenvalue weighted by molar-refractivity contribution is 5.96. The van der Waals surface area contributed by atoms with Crippen molar-refractivity contribution in [3.05, 3.63) is 35.6 Å². The van der Waals surface area contributed by atoms with Crippen molar-refractivity contribution in [1.82, 2.24) is 0 Å². The molecular formula is C15H21FO2. The molecule has 0 heterocycles. The monoisotopic (exact) mass is 252 g/mol.